The summed E-state index contributed by atoms with van der Waals surface area (Å²) in [6.45, 7) is 7.15. The summed E-state index contributed by atoms with van der Waals surface area (Å²) in [7, 11) is 1.31. The normalized spacial score (nSPS) is 44.8. The highest BCUT2D eigenvalue weighted by Crippen LogP contribution is 2.44. The molecule has 0 radical (unpaired) electrons. The van der Waals surface area contributed by atoms with Crippen molar-refractivity contribution in [3.05, 3.63) is 0 Å². The van der Waals surface area contributed by atoms with Gasteiger partial charge in [0.1, 0.15) is 18.3 Å². The van der Waals surface area contributed by atoms with Gasteiger partial charge in [-0.2, -0.15) is 0 Å². The molecule has 20 heavy (non-hydrogen) atoms. The Morgan fingerprint density at radius 1 is 0.900 bits per heavy atom. The van der Waals surface area contributed by atoms with Gasteiger partial charge in [-0.05, 0) is 27.7 Å². The van der Waals surface area contributed by atoms with E-state index in [1.807, 2.05) is 0 Å². The molecule has 0 amide bonds. The number of hydrogen-bond donors (Lipinski definition) is 0. The molecule has 0 aromatic carbocycles. The van der Waals surface area contributed by atoms with Crippen molar-refractivity contribution >= 4 is 5.97 Å². The van der Waals surface area contributed by atoms with Crippen LogP contribution in [-0.2, 0) is 33.2 Å². The first-order valence-corrected chi connectivity index (χ1v) is 6.67. The number of hydrogen-bond acceptors (Lipinski definition) is 7. The van der Waals surface area contributed by atoms with Crippen LogP contribution in [0.5, 0.6) is 0 Å². The van der Waals surface area contributed by atoms with Crippen LogP contribution in [0.1, 0.15) is 27.7 Å². The lowest BCUT2D eigenvalue weighted by Gasteiger charge is -2.35. The fourth-order valence-electron chi connectivity index (χ4n) is 2.92. The van der Waals surface area contributed by atoms with Gasteiger partial charge >= 0.3 is 5.97 Å². The van der Waals surface area contributed by atoms with E-state index in [1.165, 1.54) is 7.11 Å². The molecule has 0 aromatic rings. The molecule has 3 aliphatic rings. The lowest BCUT2D eigenvalue weighted by molar-refractivity contribution is -0.238. The Bertz CT molecular complexity index is 419. The monoisotopic (exact) mass is 288 g/mol. The van der Waals surface area contributed by atoms with E-state index < -0.39 is 48.2 Å². The third-order valence-corrected chi connectivity index (χ3v) is 3.59. The van der Waals surface area contributed by atoms with Crippen LogP contribution in [0.3, 0.4) is 0 Å². The number of fused-ring (bicyclic) bond motifs is 3. The molecule has 7 heteroatoms. The van der Waals surface area contributed by atoms with Crippen molar-refractivity contribution in [2.45, 2.75) is 70.0 Å². The van der Waals surface area contributed by atoms with Gasteiger partial charge in [0.2, 0.25) is 0 Å². The van der Waals surface area contributed by atoms with E-state index in [-0.39, 0.29) is 0 Å². The molecule has 5 unspecified atom stereocenters. The summed E-state index contributed by atoms with van der Waals surface area (Å²) in [6, 6.07) is 0. The third kappa shape index (κ3) is 2.23. The SMILES string of the molecule is COC(=O)C1OC2OC(C)(C)OC2C2OC(C)(C)OC12. The van der Waals surface area contributed by atoms with Gasteiger partial charge in [0.25, 0.3) is 0 Å². The highest BCUT2D eigenvalue weighted by atomic mass is 16.9. The van der Waals surface area contributed by atoms with E-state index >= 15 is 0 Å². The highest BCUT2D eigenvalue weighted by Gasteiger charge is 2.62. The summed E-state index contributed by atoms with van der Waals surface area (Å²) in [5.41, 5.74) is 0. The van der Waals surface area contributed by atoms with Crippen molar-refractivity contribution in [3.63, 3.8) is 0 Å². The molecule has 3 rings (SSSR count). The van der Waals surface area contributed by atoms with Crippen molar-refractivity contribution in [3.8, 4) is 0 Å². The number of esters is 1. The molecule has 3 heterocycles. The van der Waals surface area contributed by atoms with E-state index in [2.05, 4.69) is 0 Å². The smallest absolute Gasteiger partial charge is 0.337 e. The molecule has 7 nitrogen and oxygen atoms in total. The molecule has 5 atom stereocenters. The number of carbonyl (C=O) groups is 1. The Labute approximate surface area is 117 Å². The fraction of sp³-hybridized carbons (Fsp3) is 0.923. The van der Waals surface area contributed by atoms with Crippen LogP contribution in [0.15, 0.2) is 0 Å². The summed E-state index contributed by atoms with van der Waals surface area (Å²) in [4.78, 5) is 11.9. The minimum absolute atomic E-state index is 0.433. The summed E-state index contributed by atoms with van der Waals surface area (Å²) in [5.74, 6) is -2.11. The molecule has 3 fully saturated rings. The number of carbonyl (C=O) groups excluding carboxylic acids is 1. The van der Waals surface area contributed by atoms with Gasteiger partial charge < -0.3 is 28.4 Å². The van der Waals surface area contributed by atoms with Crippen molar-refractivity contribution in [2.75, 3.05) is 7.11 Å². The molecule has 0 saturated carbocycles. The summed E-state index contributed by atoms with van der Waals surface area (Å²) < 4.78 is 33.6. The Balaban J connectivity index is 1.90. The maximum absolute atomic E-state index is 11.9. The molecule has 3 saturated heterocycles. The molecule has 114 valence electrons. The van der Waals surface area contributed by atoms with Crippen LogP contribution in [0.25, 0.3) is 0 Å². The topological polar surface area (TPSA) is 72.5 Å². The van der Waals surface area contributed by atoms with E-state index in [9.17, 15) is 4.79 Å². The minimum Gasteiger partial charge on any atom is -0.467 e. The standard InChI is InChI=1S/C13H20O7/c1-12(2)17-6-7(18-12)9-11(20-13(3,4)19-9)16-8(6)10(14)15-5/h6-9,11H,1-5H3. The molecule has 0 spiro atoms. The second-order valence-corrected chi connectivity index (χ2v) is 6.11. The highest BCUT2D eigenvalue weighted by molar-refractivity contribution is 5.75. The largest absolute Gasteiger partial charge is 0.467 e. The predicted molar refractivity (Wildman–Crippen MR) is 64.5 cm³/mol. The van der Waals surface area contributed by atoms with Gasteiger partial charge in [-0.3, -0.25) is 0 Å². The second-order valence-electron chi connectivity index (χ2n) is 6.11. The quantitative estimate of drug-likeness (QED) is 0.653. The van der Waals surface area contributed by atoms with Crippen molar-refractivity contribution in [1.29, 1.82) is 0 Å². The zero-order chi connectivity index (χ0) is 14.7. The molecule has 0 bridgehead atoms. The fourth-order valence-corrected chi connectivity index (χ4v) is 2.92. The van der Waals surface area contributed by atoms with Crippen molar-refractivity contribution < 1.29 is 33.2 Å². The number of methoxy groups -OCH3 is 1. The third-order valence-electron chi connectivity index (χ3n) is 3.59. The molecular weight excluding hydrogens is 268 g/mol. The van der Waals surface area contributed by atoms with Gasteiger partial charge in [0, 0.05) is 0 Å². The van der Waals surface area contributed by atoms with Crippen LogP contribution in [0, 0.1) is 0 Å². The van der Waals surface area contributed by atoms with Crippen molar-refractivity contribution in [2.24, 2.45) is 0 Å². The Morgan fingerprint density at radius 3 is 2.10 bits per heavy atom. The Morgan fingerprint density at radius 2 is 1.45 bits per heavy atom. The van der Waals surface area contributed by atoms with Crippen LogP contribution in [-0.4, -0.2) is 55.4 Å². The summed E-state index contributed by atoms with van der Waals surface area (Å²) in [6.07, 6.45) is -3.00. The minimum atomic E-state index is -0.884. The zero-order valence-electron chi connectivity index (χ0n) is 12.2. The Hall–Kier alpha value is -0.730. The Kier molecular flexibility index (Phi) is 3.11. The van der Waals surface area contributed by atoms with E-state index in [1.54, 1.807) is 27.7 Å². The van der Waals surface area contributed by atoms with Gasteiger partial charge in [0.05, 0.1) is 7.11 Å². The summed E-state index contributed by atoms with van der Waals surface area (Å²) in [5, 5.41) is 0. The van der Waals surface area contributed by atoms with Gasteiger partial charge in [-0.25, -0.2) is 4.79 Å². The maximum Gasteiger partial charge on any atom is 0.337 e. The first kappa shape index (κ1) is 14.2. The maximum atomic E-state index is 11.9. The molecule has 3 aliphatic heterocycles. The lowest BCUT2D eigenvalue weighted by Crippen LogP contribution is -2.57. The zero-order valence-corrected chi connectivity index (χ0v) is 12.2. The average Bonchev–Trinajstić information content (AvgIpc) is 2.81. The number of ether oxygens (including phenoxy) is 6. The van der Waals surface area contributed by atoms with E-state index in [0.29, 0.717) is 0 Å². The van der Waals surface area contributed by atoms with Gasteiger partial charge in [-0.15, -0.1) is 0 Å². The van der Waals surface area contributed by atoms with Gasteiger partial charge in [0.15, 0.2) is 24.0 Å². The lowest BCUT2D eigenvalue weighted by atomic mass is 9.99. The first-order valence-electron chi connectivity index (χ1n) is 6.67. The van der Waals surface area contributed by atoms with E-state index in [0.717, 1.165) is 0 Å². The van der Waals surface area contributed by atoms with Crippen molar-refractivity contribution in [1.82, 2.24) is 0 Å². The van der Waals surface area contributed by atoms with Crippen LogP contribution >= 0.6 is 0 Å². The molecule has 0 aromatic heterocycles. The second kappa shape index (κ2) is 4.38. The van der Waals surface area contributed by atoms with Crippen LogP contribution in [0.4, 0.5) is 0 Å². The number of rotatable bonds is 1. The van der Waals surface area contributed by atoms with Crippen LogP contribution < -0.4 is 0 Å². The predicted octanol–water partition coefficient (Wildman–Crippen LogP) is 0.556. The summed E-state index contributed by atoms with van der Waals surface area (Å²) >= 11 is 0. The van der Waals surface area contributed by atoms with Gasteiger partial charge in [-0.1, -0.05) is 0 Å². The molecule has 0 aliphatic carbocycles. The molecule has 0 N–H and O–H groups in total. The first-order chi connectivity index (χ1) is 9.22. The average molecular weight is 288 g/mol. The van der Waals surface area contributed by atoms with E-state index in [4.69, 9.17) is 28.4 Å². The molecular formula is C13H20O7. The van der Waals surface area contributed by atoms with Crippen LogP contribution in [0.2, 0.25) is 0 Å².